The molecule has 1 spiro atoms. The zero-order chi connectivity index (χ0) is 15.2. The maximum Gasteiger partial charge on any atom is 0.322 e. The van der Waals surface area contributed by atoms with Crippen molar-refractivity contribution in [3.05, 3.63) is 29.6 Å². The summed E-state index contributed by atoms with van der Waals surface area (Å²) in [4.78, 5) is 36.6. The van der Waals surface area contributed by atoms with Crippen molar-refractivity contribution in [3.63, 3.8) is 0 Å². The molecule has 2 aliphatic rings. The average molecular weight is 293 g/mol. The van der Waals surface area contributed by atoms with E-state index >= 15 is 0 Å². The van der Waals surface area contributed by atoms with Crippen LogP contribution in [0.2, 0.25) is 0 Å². The smallest absolute Gasteiger partial charge is 0.322 e. The van der Waals surface area contributed by atoms with Gasteiger partial charge in [0.1, 0.15) is 17.1 Å². The number of rotatable bonds is 1. The third-order valence-corrected chi connectivity index (χ3v) is 3.76. The SMILES string of the molecule is O=C1NC(=O)C2(CCN(C(=O)c3cc(F)ccc3O)C2)N1. The van der Waals surface area contributed by atoms with E-state index in [9.17, 15) is 23.9 Å². The summed E-state index contributed by atoms with van der Waals surface area (Å²) in [7, 11) is 0. The lowest BCUT2D eigenvalue weighted by molar-refractivity contribution is -0.123. The van der Waals surface area contributed by atoms with Gasteiger partial charge in [-0.3, -0.25) is 14.9 Å². The predicted molar refractivity (Wildman–Crippen MR) is 68.0 cm³/mol. The quantitative estimate of drug-likeness (QED) is 0.632. The molecule has 2 fully saturated rings. The third-order valence-electron chi connectivity index (χ3n) is 3.76. The molecular formula is C13H12FN3O4. The van der Waals surface area contributed by atoms with E-state index in [2.05, 4.69) is 10.6 Å². The molecule has 3 rings (SSSR count). The number of halogens is 1. The van der Waals surface area contributed by atoms with Gasteiger partial charge in [-0.1, -0.05) is 0 Å². The standard InChI is InChI=1S/C13H12FN3O4/c14-7-1-2-9(18)8(5-7)10(19)17-4-3-13(6-17)11(20)15-12(21)16-13/h1-2,5,18H,3-4,6H2,(H2,15,16,20,21). The van der Waals surface area contributed by atoms with Crippen LogP contribution in [-0.2, 0) is 4.79 Å². The van der Waals surface area contributed by atoms with Crippen molar-refractivity contribution in [1.82, 2.24) is 15.5 Å². The normalized spacial score (nSPS) is 24.3. The van der Waals surface area contributed by atoms with Crippen molar-refractivity contribution < 1.29 is 23.9 Å². The molecule has 3 N–H and O–H groups in total. The number of benzene rings is 1. The molecule has 0 bridgehead atoms. The first kappa shape index (κ1) is 13.3. The second kappa shape index (κ2) is 4.44. The highest BCUT2D eigenvalue weighted by molar-refractivity contribution is 6.08. The van der Waals surface area contributed by atoms with E-state index < -0.39 is 29.2 Å². The van der Waals surface area contributed by atoms with Gasteiger partial charge in [0.2, 0.25) is 0 Å². The zero-order valence-corrected chi connectivity index (χ0v) is 10.9. The van der Waals surface area contributed by atoms with Crippen LogP contribution < -0.4 is 10.6 Å². The minimum Gasteiger partial charge on any atom is -0.507 e. The van der Waals surface area contributed by atoms with E-state index in [0.717, 1.165) is 18.2 Å². The molecule has 2 aliphatic heterocycles. The van der Waals surface area contributed by atoms with Gasteiger partial charge in [0.05, 0.1) is 12.1 Å². The second-order valence-electron chi connectivity index (χ2n) is 5.13. The molecule has 1 atom stereocenters. The molecule has 2 heterocycles. The number of urea groups is 1. The summed E-state index contributed by atoms with van der Waals surface area (Å²) in [5.74, 6) is -2.04. The van der Waals surface area contributed by atoms with Crippen LogP contribution in [0.25, 0.3) is 0 Å². The minimum atomic E-state index is -1.13. The fourth-order valence-electron chi connectivity index (χ4n) is 2.65. The van der Waals surface area contributed by atoms with E-state index in [-0.39, 0.29) is 30.8 Å². The predicted octanol–water partition coefficient (Wildman–Crippen LogP) is -0.0446. The van der Waals surface area contributed by atoms with Gasteiger partial charge in [0, 0.05) is 6.54 Å². The molecule has 1 unspecified atom stereocenters. The van der Waals surface area contributed by atoms with Crippen molar-refractivity contribution in [3.8, 4) is 5.75 Å². The average Bonchev–Trinajstić information content (AvgIpc) is 2.97. The van der Waals surface area contributed by atoms with Gasteiger partial charge >= 0.3 is 6.03 Å². The van der Waals surface area contributed by atoms with Crippen molar-refractivity contribution in [1.29, 1.82) is 0 Å². The topological polar surface area (TPSA) is 98.7 Å². The Bertz CT molecular complexity index is 663. The fourth-order valence-corrected chi connectivity index (χ4v) is 2.65. The summed E-state index contributed by atoms with van der Waals surface area (Å²) in [6.45, 7) is 0.210. The van der Waals surface area contributed by atoms with Crippen LogP contribution >= 0.6 is 0 Å². The number of amides is 4. The first-order chi connectivity index (χ1) is 9.91. The lowest BCUT2D eigenvalue weighted by Crippen LogP contribution is -2.49. The lowest BCUT2D eigenvalue weighted by atomic mass is 9.99. The van der Waals surface area contributed by atoms with Crippen molar-refractivity contribution >= 4 is 17.8 Å². The molecule has 0 aromatic heterocycles. The summed E-state index contributed by atoms with van der Waals surface area (Å²) in [6.07, 6.45) is 0.270. The fraction of sp³-hybridized carbons (Fsp3) is 0.308. The Morgan fingerprint density at radius 3 is 2.81 bits per heavy atom. The summed E-state index contributed by atoms with van der Waals surface area (Å²) in [5, 5.41) is 14.3. The molecule has 4 amide bonds. The zero-order valence-electron chi connectivity index (χ0n) is 10.9. The van der Waals surface area contributed by atoms with Gasteiger partial charge < -0.3 is 15.3 Å². The minimum absolute atomic E-state index is 0.0145. The van der Waals surface area contributed by atoms with E-state index in [4.69, 9.17) is 0 Å². The number of imide groups is 1. The number of carbonyl (C=O) groups excluding carboxylic acids is 3. The Morgan fingerprint density at radius 1 is 1.38 bits per heavy atom. The summed E-state index contributed by atoms with van der Waals surface area (Å²) >= 11 is 0. The number of nitrogens with zero attached hydrogens (tertiary/aromatic N) is 1. The summed E-state index contributed by atoms with van der Waals surface area (Å²) in [5.41, 5.74) is -1.30. The van der Waals surface area contributed by atoms with Crippen LogP contribution in [0.4, 0.5) is 9.18 Å². The number of phenols is 1. The van der Waals surface area contributed by atoms with Gasteiger partial charge in [0.25, 0.3) is 11.8 Å². The molecule has 0 saturated carbocycles. The summed E-state index contributed by atoms with van der Waals surface area (Å²) < 4.78 is 13.2. The number of phenolic OH excluding ortho intramolecular Hbond substituents is 1. The Morgan fingerprint density at radius 2 is 2.14 bits per heavy atom. The van der Waals surface area contributed by atoms with E-state index in [0.29, 0.717) is 0 Å². The Hall–Kier alpha value is -2.64. The number of aromatic hydroxyl groups is 1. The Kier molecular flexibility index (Phi) is 2.82. The number of hydrogen-bond donors (Lipinski definition) is 3. The molecule has 8 heteroatoms. The Balaban J connectivity index is 1.83. The van der Waals surface area contributed by atoms with E-state index in [1.54, 1.807) is 0 Å². The highest BCUT2D eigenvalue weighted by atomic mass is 19.1. The van der Waals surface area contributed by atoms with Crippen molar-refractivity contribution in [2.24, 2.45) is 0 Å². The molecule has 0 radical (unpaired) electrons. The molecule has 21 heavy (non-hydrogen) atoms. The number of likely N-dealkylation sites (tertiary alicyclic amines) is 1. The first-order valence-electron chi connectivity index (χ1n) is 6.33. The van der Waals surface area contributed by atoms with Gasteiger partial charge in [-0.15, -0.1) is 0 Å². The largest absolute Gasteiger partial charge is 0.507 e. The van der Waals surface area contributed by atoms with Crippen molar-refractivity contribution in [2.75, 3.05) is 13.1 Å². The Labute approximate surface area is 118 Å². The molecule has 110 valence electrons. The van der Waals surface area contributed by atoms with Gasteiger partial charge in [0.15, 0.2) is 0 Å². The number of hydrogen-bond acceptors (Lipinski definition) is 4. The van der Waals surface area contributed by atoms with Crippen LogP contribution in [0, 0.1) is 5.82 Å². The van der Waals surface area contributed by atoms with Crippen molar-refractivity contribution in [2.45, 2.75) is 12.0 Å². The van der Waals surface area contributed by atoms with E-state index in [1.165, 1.54) is 4.90 Å². The van der Waals surface area contributed by atoms with Crippen LogP contribution in [0.3, 0.4) is 0 Å². The van der Waals surface area contributed by atoms with Gasteiger partial charge in [-0.25, -0.2) is 9.18 Å². The maximum atomic E-state index is 13.2. The molecular weight excluding hydrogens is 281 g/mol. The first-order valence-corrected chi connectivity index (χ1v) is 6.33. The van der Waals surface area contributed by atoms with Crippen LogP contribution in [-0.4, -0.2) is 46.5 Å². The highest BCUT2D eigenvalue weighted by Crippen LogP contribution is 2.28. The van der Waals surface area contributed by atoms with Crippen LogP contribution in [0.15, 0.2) is 18.2 Å². The number of nitrogens with one attached hydrogen (secondary N) is 2. The molecule has 7 nitrogen and oxygen atoms in total. The third kappa shape index (κ3) is 2.08. The summed E-state index contributed by atoms with van der Waals surface area (Å²) in [6, 6.07) is 2.49. The second-order valence-corrected chi connectivity index (χ2v) is 5.13. The lowest BCUT2D eigenvalue weighted by Gasteiger charge is -2.21. The highest BCUT2D eigenvalue weighted by Gasteiger charge is 2.51. The van der Waals surface area contributed by atoms with Gasteiger partial charge in [-0.05, 0) is 24.6 Å². The van der Waals surface area contributed by atoms with E-state index in [1.807, 2.05) is 0 Å². The molecule has 0 aliphatic carbocycles. The number of carbonyl (C=O) groups is 3. The van der Waals surface area contributed by atoms with Crippen LogP contribution in [0.1, 0.15) is 16.8 Å². The maximum absolute atomic E-state index is 13.2. The van der Waals surface area contributed by atoms with Gasteiger partial charge in [-0.2, -0.15) is 0 Å². The molecule has 1 aromatic carbocycles. The monoisotopic (exact) mass is 293 g/mol. The molecule has 1 aromatic rings. The molecule has 2 saturated heterocycles. The van der Waals surface area contributed by atoms with Crippen LogP contribution in [0.5, 0.6) is 5.75 Å².